The molecule has 1 unspecified atom stereocenters. The number of anilines is 1. The fourth-order valence-corrected chi connectivity index (χ4v) is 2.43. The molecule has 1 atom stereocenters. The summed E-state index contributed by atoms with van der Waals surface area (Å²) in [6.07, 6.45) is -2.75. The van der Waals surface area contributed by atoms with E-state index in [1.165, 1.54) is 6.07 Å². The van der Waals surface area contributed by atoms with Gasteiger partial charge in [-0.3, -0.25) is 0 Å². The quantitative estimate of drug-likeness (QED) is 0.821. The van der Waals surface area contributed by atoms with Crippen molar-refractivity contribution in [2.75, 3.05) is 18.0 Å². The normalized spacial score (nSPS) is 16.7. The zero-order valence-electron chi connectivity index (χ0n) is 10.7. The van der Waals surface area contributed by atoms with E-state index in [1.54, 1.807) is 4.90 Å². The van der Waals surface area contributed by atoms with Crippen LogP contribution in [0.2, 0.25) is 0 Å². The summed E-state index contributed by atoms with van der Waals surface area (Å²) in [5.74, 6) is -1.93. The Morgan fingerprint density at radius 2 is 2.16 bits per heavy atom. The summed E-state index contributed by atoms with van der Waals surface area (Å²) >= 11 is 0. The van der Waals surface area contributed by atoms with Gasteiger partial charge in [0, 0.05) is 18.8 Å². The first-order valence-corrected chi connectivity index (χ1v) is 6.22. The van der Waals surface area contributed by atoms with E-state index < -0.39 is 12.1 Å². The van der Waals surface area contributed by atoms with Gasteiger partial charge in [0.2, 0.25) is 0 Å². The van der Waals surface area contributed by atoms with Crippen molar-refractivity contribution in [3.05, 3.63) is 29.3 Å². The third kappa shape index (κ3) is 3.01. The first kappa shape index (κ1) is 13.7. The molecule has 0 aromatic heterocycles. The van der Waals surface area contributed by atoms with Crippen molar-refractivity contribution in [3.63, 3.8) is 0 Å². The number of alkyl halides is 3. The van der Waals surface area contributed by atoms with Crippen LogP contribution >= 0.6 is 0 Å². The second-order valence-corrected chi connectivity index (χ2v) is 4.91. The Labute approximate surface area is 110 Å². The van der Waals surface area contributed by atoms with Crippen molar-refractivity contribution < 1.29 is 13.2 Å². The Morgan fingerprint density at radius 1 is 1.42 bits per heavy atom. The minimum absolute atomic E-state index is 0.282. The average Bonchev–Trinajstić information content (AvgIpc) is 2.34. The maximum absolute atomic E-state index is 12.7. The number of fused-ring (bicyclic) bond motifs is 1. The molecule has 1 heterocycles. The Kier molecular flexibility index (Phi) is 3.70. The van der Waals surface area contributed by atoms with Crippen LogP contribution in [0.3, 0.4) is 0 Å². The van der Waals surface area contributed by atoms with E-state index in [0.717, 1.165) is 29.7 Å². The predicted octanol–water partition coefficient (Wildman–Crippen LogP) is 3.45. The fourth-order valence-electron chi connectivity index (χ4n) is 2.43. The number of benzene rings is 1. The van der Waals surface area contributed by atoms with Gasteiger partial charge >= 0.3 is 6.18 Å². The molecule has 0 radical (unpaired) electrons. The van der Waals surface area contributed by atoms with Crippen molar-refractivity contribution in [2.24, 2.45) is 5.92 Å². The summed E-state index contributed by atoms with van der Waals surface area (Å²) in [6, 6.07) is 7.13. The highest BCUT2D eigenvalue weighted by atomic mass is 19.4. The lowest BCUT2D eigenvalue weighted by Gasteiger charge is -2.33. The molecule has 0 aliphatic carbocycles. The Balaban J connectivity index is 2.23. The van der Waals surface area contributed by atoms with E-state index in [9.17, 15) is 13.2 Å². The van der Waals surface area contributed by atoms with Gasteiger partial charge in [0.25, 0.3) is 0 Å². The van der Waals surface area contributed by atoms with Gasteiger partial charge in [-0.15, -0.1) is 0 Å². The van der Waals surface area contributed by atoms with Gasteiger partial charge in [-0.25, -0.2) is 0 Å². The van der Waals surface area contributed by atoms with E-state index >= 15 is 0 Å². The smallest absolute Gasteiger partial charge is 0.370 e. The molecule has 0 N–H and O–H groups in total. The molecule has 1 aliphatic heterocycles. The van der Waals surface area contributed by atoms with Crippen LogP contribution < -0.4 is 4.90 Å². The molecule has 0 spiro atoms. The minimum atomic E-state index is -4.46. The largest absolute Gasteiger partial charge is 0.406 e. The number of nitriles is 1. The standard InChI is InChI=1S/C14H15F3N2/c1-10-4-5-13-11(7-10)3-2-6-19(13)9-12(8-18)14(15,16)17/h4-5,7,12H,2-3,6,9H2,1H3. The molecule has 2 nitrogen and oxygen atoms in total. The van der Waals surface area contributed by atoms with Crippen LogP contribution in [0, 0.1) is 24.2 Å². The van der Waals surface area contributed by atoms with E-state index in [-0.39, 0.29) is 6.54 Å². The Bertz CT molecular complexity index is 502. The molecule has 102 valence electrons. The number of aryl methyl sites for hydroxylation is 2. The monoisotopic (exact) mass is 268 g/mol. The van der Waals surface area contributed by atoms with Crippen molar-refractivity contribution >= 4 is 5.69 Å². The predicted molar refractivity (Wildman–Crippen MR) is 66.9 cm³/mol. The van der Waals surface area contributed by atoms with Crippen LogP contribution in [0.25, 0.3) is 0 Å². The summed E-state index contributed by atoms with van der Waals surface area (Å²) in [4.78, 5) is 1.68. The lowest BCUT2D eigenvalue weighted by atomic mass is 9.98. The summed E-state index contributed by atoms with van der Waals surface area (Å²) in [7, 11) is 0. The van der Waals surface area contributed by atoms with Crippen LogP contribution in [0.5, 0.6) is 0 Å². The van der Waals surface area contributed by atoms with Gasteiger partial charge in [-0.05, 0) is 31.4 Å². The fraction of sp³-hybridized carbons (Fsp3) is 0.500. The van der Waals surface area contributed by atoms with Crippen LogP contribution in [0.1, 0.15) is 17.5 Å². The van der Waals surface area contributed by atoms with Gasteiger partial charge in [0.15, 0.2) is 5.92 Å². The zero-order valence-corrected chi connectivity index (χ0v) is 10.7. The van der Waals surface area contributed by atoms with Crippen molar-refractivity contribution in [1.29, 1.82) is 5.26 Å². The van der Waals surface area contributed by atoms with Gasteiger partial charge in [-0.2, -0.15) is 18.4 Å². The lowest BCUT2D eigenvalue weighted by Crippen LogP contribution is -2.38. The molecule has 1 aliphatic rings. The van der Waals surface area contributed by atoms with E-state index in [0.29, 0.717) is 6.54 Å². The molecule has 2 rings (SSSR count). The molecule has 0 saturated heterocycles. The maximum Gasteiger partial charge on any atom is 0.406 e. The van der Waals surface area contributed by atoms with E-state index in [4.69, 9.17) is 5.26 Å². The third-order valence-electron chi connectivity index (χ3n) is 3.40. The van der Waals surface area contributed by atoms with Crippen LogP contribution in [0.15, 0.2) is 18.2 Å². The molecule has 1 aromatic rings. The molecular weight excluding hydrogens is 253 g/mol. The second-order valence-electron chi connectivity index (χ2n) is 4.91. The maximum atomic E-state index is 12.7. The number of halogens is 3. The molecule has 0 saturated carbocycles. The van der Waals surface area contributed by atoms with Crippen molar-refractivity contribution in [2.45, 2.75) is 25.9 Å². The highest BCUT2D eigenvalue weighted by molar-refractivity contribution is 5.56. The topological polar surface area (TPSA) is 27.0 Å². The molecular formula is C14H15F3N2. The zero-order chi connectivity index (χ0) is 14.0. The van der Waals surface area contributed by atoms with E-state index in [2.05, 4.69) is 0 Å². The highest BCUT2D eigenvalue weighted by Crippen LogP contribution is 2.32. The molecule has 1 aromatic carbocycles. The number of hydrogen-bond donors (Lipinski definition) is 0. The second kappa shape index (κ2) is 5.12. The highest BCUT2D eigenvalue weighted by Gasteiger charge is 2.41. The van der Waals surface area contributed by atoms with Gasteiger partial charge in [-0.1, -0.05) is 17.7 Å². The van der Waals surface area contributed by atoms with Crippen LogP contribution in [0.4, 0.5) is 18.9 Å². The molecule has 5 heteroatoms. The summed E-state index contributed by atoms with van der Waals surface area (Å²) in [5.41, 5.74) is 3.01. The Morgan fingerprint density at radius 3 is 2.79 bits per heavy atom. The summed E-state index contributed by atoms with van der Waals surface area (Å²) < 4.78 is 38.0. The molecule has 0 amide bonds. The first-order valence-electron chi connectivity index (χ1n) is 6.22. The average molecular weight is 268 g/mol. The lowest BCUT2D eigenvalue weighted by molar-refractivity contribution is -0.156. The van der Waals surface area contributed by atoms with Crippen molar-refractivity contribution in [3.8, 4) is 6.07 Å². The van der Waals surface area contributed by atoms with Gasteiger partial charge in [0.1, 0.15) is 0 Å². The summed E-state index contributed by atoms with van der Waals surface area (Å²) in [5, 5.41) is 8.69. The SMILES string of the molecule is Cc1ccc2c(c1)CCCN2CC(C#N)C(F)(F)F. The molecule has 0 fully saturated rings. The van der Waals surface area contributed by atoms with Crippen molar-refractivity contribution in [1.82, 2.24) is 0 Å². The molecule has 19 heavy (non-hydrogen) atoms. The first-order chi connectivity index (χ1) is 8.91. The number of nitrogens with zero attached hydrogens (tertiary/aromatic N) is 2. The number of hydrogen-bond acceptors (Lipinski definition) is 2. The van der Waals surface area contributed by atoms with Crippen LogP contribution in [-0.4, -0.2) is 19.3 Å². The Hall–Kier alpha value is -1.70. The van der Waals surface area contributed by atoms with Gasteiger partial charge in [0.05, 0.1) is 6.07 Å². The third-order valence-corrected chi connectivity index (χ3v) is 3.40. The van der Waals surface area contributed by atoms with Crippen LogP contribution in [-0.2, 0) is 6.42 Å². The van der Waals surface area contributed by atoms with E-state index in [1.807, 2.05) is 25.1 Å². The summed E-state index contributed by atoms with van der Waals surface area (Å²) in [6.45, 7) is 2.26. The molecule has 0 bridgehead atoms. The number of rotatable bonds is 2. The minimum Gasteiger partial charge on any atom is -0.370 e. The van der Waals surface area contributed by atoms with Gasteiger partial charge < -0.3 is 4.90 Å².